The molecule has 0 amide bonds. The van der Waals surface area contributed by atoms with Crippen LogP contribution in [0.5, 0.6) is 0 Å². The van der Waals surface area contributed by atoms with Gasteiger partial charge in [0.15, 0.2) is 5.82 Å². The Bertz CT molecular complexity index is 652. The van der Waals surface area contributed by atoms with Gasteiger partial charge >= 0.3 is 0 Å². The number of hydrogen-bond donors (Lipinski definition) is 1. The fourth-order valence-corrected chi connectivity index (χ4v) is 2.99. The number of hydrogen-bond acceptors (Lipinski definition) is 3. The average molecular weight is 332 g/mol. The smallest absolute Gasteiger partial charge is 0.161 e. The largest absolute Gasteiger partial charge is 0.370 e. The van der Waals surface area contributed by atoms with Crippen LogP contribution in [0.4, 0.5) is 5.82 Å². The van der Waals surface area contributed by atoms with Crippen LogP contribution < -0.4 is 5.32 Å². The molecule has 0 saturated carbocycles. The number of nitrogens with one attached hydrogen (secondary N) is 1. The lowest BCUT2D eigenvalue weighted by molar-refractivity contribution is 0.900. The maximum absolute atomic E-state index is 4.77. The molecule has 3 nitrogen and oxygen atoms in total. The number of aromatic nitrogens is 2. The number of rotatable bonds is 3. The van der Waals surface area contributed by atoms with Gasteiger partial charge in [0.25, 0.3) is 0 Å². The molecule has 1 aliphatic carbocycles. The molecule has 0 aliphatic heterocycles. The van der Waals surface area contributed by atoms with Crippen molar-refractivity contribution in [3.63, 3.8) is 0 Å². The van der Waals surface area contributed by atoms with Gasteiger partial charge in [-0.3, -0.25) is 0 Å². The molecule has 104 valence electrons. The Balaban J connectivity index is 2.09. The summed E-state index contributed by atoms with van der Waals surface area (Å²) in [6, 6.07) is 6.29. The molecule has 0 radical (unpaired) electrons. The van der Waals surface area contributed by atoms with E-state index in [9.17, 15) is 0 Å². The molecular formula is C16H18BrN3. The number of benzene rings is 1. The zero-order valence-electron chi connectivity index (χ0n) is 11.8. The molecule has 0 bridgehead atoms. The minimum Gasteiger partial charge on any atom is -0.370 e. The molecule has 0 spiro atoms. The minimum atomic E-state index is 0.822. The molecule has 1 N–H and O–H groups in total. The highest BCUT2D eigenvalue weighted by Crippen LogP contribution is 2.30. The standard InChI is InChI=1S/C16H18BrN3/c1-3-18-16-12-5-4-6-14(12)19-15(20-16)11-8-7-10(2)13(17)9-11/h7-9H,3-6H2,1-2H3,(H,18,19,20). The monoisotopic (exact) mass is 331 g/mol. The van der Waals surface area contributed by atoms with Gasteiger partial charge in [0, 0.05) is 27.8 Å². The predicted octanol–water partition coefficient (Wildman–Crippen LogP) is 4.14. The molecule has 20 heavy (non-hydrogen) atoms. The highest BCUT2D eigenvalue weighted by molar-refractivity contribution is 9.10. The van der Waals surface area contributed by atoms with E-state index in [1.165, 1.54) is 23.2 Å². The van der Waals surface area contributed by atoms with Crippen molar-refractivity contribution in [1.82, 2.24) is 9.97 Å². The first-order chi connectivity index (χ1) is 9.69. The quantitative estimate of drug-likeness (QED) is 0.918. The summed E-state index contributed by atoms with van der Waals surface area (Å²) in [7, 11) is 0. The van der Waals surface area contributed by atoms with Gasteiger partial charge in [-0.1, -0.05) is 28.1 Å². The number of aryl methyl sites for hydroxylation is 2. The van der Waals surface area contributed by atoms with Crippen molar-refractivity contribution in [3.8, 4) is 11.4 Å². The van der Waals surface area contributed by atoms with Crippen LogP contribution in [0, 0.1) is 6.92 Å². The van der Waals surface area contributed by atoms with E-state index in [1.807, 2.05) is 0 Å². The van der Waals surface area contributed by atoms with Crippen molar-refractivity contribution in [1.29, 1.82) is 0 Å². The molecule has 1 aromatic carbocycles. The highest BCUT2D eigenvalue weighted by atomic mass is 79.9. The summed E-state index contributed by atoms with van der Waals surface area (Å²) in [5, 5.41) is 3.38. The molecule has 0 fully saturated rings. The van der Waals surface area contributed by atoms with Crippen LogP contribution in [-0.4, -0.2) is 16.5 Å². The third-order valence-corrected chi connectivity index (χ3v) is 4.56. The predicted molar refractivity (Wildman–Crippen MR) is 86.1 cm³/mol. The van der Waals surface area contributed by atoms with E-state index in [2.05, 4.69) is 53.3 Å². The van der Waals surface area contributed by atoms with Gasteiger partial charge in [-0.15, -0.1) is 0 Å². The van der Waals surface area contributed by atoms with Crippen LogP contribution >= 0.6 is 15.9 Å². The lowest BCUT2D eigenvalue weighted by Gasteiger charge is -2.11. The molecular weight excluding hydrogens is 314 g/mol. The second-order valence-corrected chi connectivity index (χ2v) is 6.02. The van der Waals surface area contributed by atoms with Gasteiger partial charge in [0.05, 0.1) is 0 Å². The third kappa shape index (κ3) is 2.44. The maximum Gasteiger partial charge on any atom is 0.161 e. The number of nitrogens with zero attached hydrogens (tertiary/aromatic N) is 2. The molecule has 3 rings (SSSR count). The van der Waals surface area contributed by atoms with Gasteiger partial charge in [0.1, 0.15) is 5.82 Å². The Kier molecular flexibility index (Phi) is 3.74. The van der Waals surface area contributed by atoms with Gasteiger partial charge in [-0.05, 0) is 44.7 Å². The van der Waals surface area contributed by atoms with E-state index < -0.39 is 0 Å². The van der Waals surface area contributed by atoms with Crippen molar-refractivity contribution in [2.75, 3.05) is 11.9 Å². The summed E-state index contributed by atoms with van der Waals surface area (Å²) in [5.74, 6) is 1.84. The molecule has 0 unspecified atom stereocenters. The normalized spacial score (nSPS) is 13.3. The van der Waals surface area contributed by atoms with Gasteiger partial charge in [0.2, 0.25) is 0 Å². The van der Waals surface area contributed by atoms with Crippen LogP contribution in [0.3, 0.4) is 0 Å². The first kappa shape index (κ1) is 13.6. The van der Waals surface area contributed by atoms with Crippen LogP contribution in [0.15, 0.2) is 22.7 Å². The van der Waals surface area contributed by atoms with Gasteiger partial charge < -0.3 is 5.32 Å². The highest BCUT2D eigenvalue weighted by Gasteiger charge is 2.19. The Hall–Kier alpha value is -1.42. The maximum atomic E-state index is 4.77. The first-order valence-corrected chi connectivity index (χ1v) is 7.88. The van der Waals surface area contributed by atoms with Crippen molar-refractivity contribution in [2.24, 2.45) is 0 Å². The topological polar surface area (TPSA) is 37.8 Å². The molecule has 0 saturated heterocycles. The van der Waals surface area contributed by atoms with Crippen molar-refractivity contribution in [3.05, 3.63) is 39.5 Å². The van der Waals surface area contributed by atoms with Crippen molar-refractivity contribution in [2.45, 2.75) is 33.1 Å². The Labute approximate surface area is 128 Å². The molecule has 0 atom stereocenters. The molecule has 1 aliphatic rings. The summed E-state index contributed by atoms with van der Waals surface area (Å²) in [6.45, 7) is 5.08. The number of anilines is 1. The Morgan fingerprint density at radius 2 is 2.10 bits per heavy atom. The van der Waals surface area contributed by atoms with Gasteiger partial charge in [-0.25, -0.2) is 9.97 Å². The number of halogens is 1. The molecule has 4 heteroatoms. The van der Waals surface area contributed by atoms with E-state index in [0.717, 1.165) is 41.1 Å². The second-order valence-electron chi connectivity index (χ2n) is 5.17. The minimum absolute atomic E-state index is 0.822. The zero-order chi connectivity index (χ0) is 14.1. The van der Waals surface area contributed by atoms with E-state index in [4.69, 9.17) is 9.97 Å². The van der Waals surface area contributed by atoms with Gasteiger partial charge in [-0.2, -0.15) is 0 Å². The molecule has 2 aromatic rings. The van der Waals surface area contributed by atoms with Crippen molar-refractivity contribution < 1.29 is 0 Å². The zero-order valence-corrected chi connectivity index (χ0v) is 13.4. The summed E-state index contributed by atoms with van der Waals surface area (Å²) < 4.78 is 1.10. The SMILES string of the molecule is CCNc1nc(-c2ccc(C)c(Br)c2)nc2c1CCC2. The summed E-state index contributed by atoms with van der Waals surface area (Å²) in [6.07, 6.45) is 3.34. The second kappa shape index (κ2) is 5.52. The van der Waals surface area contributed by atoms with Crippen LogP contribution in [0.1, 0.15) is 30.2 Å². The lowest BCUT2D eigenvalue weighted by atomic mass is 10.1. The van der Waals surface area contributed by atoms with Crippen LogP contribution in [0.25, 0.3) is 11.4 Å². The van der Waals surface area contributed by atoms with Crippen LogP contribution in [-0.2, 0) is 12.8 Å². The fourth-order valence-electron chi connectivity index (χ4n) is 2.61. The van der Waals surface area contributed by atoms with E-state index in [-0.39, 0.29) is 0 Å². The van der Waals surface area contributed by atoms with Crippen molar-refractivity contribution >= 4 is 21.7 Å². The van der Waals surface area contributed by atoms with E-state index in [1.54, 1.807) is 0 Å². The first-order valence-electron chi connectivity index (χ1n) is 7.09. The number of fused-ring (bicyclic) bond motifs is 1. The van der Waals surface area contributed by atoms with E-state index >= 15 is 0 Å². The van der Waals surface area contributed by atoms with Crippen LogP contribution in [0.2, 0.25) is 0 Å². The average Bonchev–Trinajstić information content (AvgIpc) is 2.90. The lowest BCUT2D eigenvalue weighted by Crippen LogP contribution is -2.06. The molecule has 1 aromatic heterocycles. The summed E-state index contributed by atoms with van der Waals surface area (Å²) >= 11 is 3.58. The summed E-state index contributed by atoms with van der Waals surface area (Å²) in [5.41, 5.74) is 4.81. The Morgan fingerprint density at radius 1 is 1.25 bits per heavy atom. The Morgan fingerprint density at radius 3 is 2.85 bits per heavy atom. The third-order valence-electron chi connectivity index (χ3n) is 3.71. The van der Waals surface area contributed by atoms with E-state index in [0.29, 0.717) is 0 Å². The summed E-state index contributed by atoms with van der Waals surface area (Å²) in [4.78, 5) is 9.50. The molecule has 1 heterocycles. The fraction of sp³-hybridized carbons (Fsp3) is 0.375.